The van der Waals surface area contributed by atoms with Crippen molar-refractivity contribution in [3.63, 3.8) is 0 Å². The summed E-state index contributed by atoms with van der Waals surface area (Å²) in [5, 5.41) is 2.76. The van der Waals surface area contributed by atoms with E-state index < -0.39 is 30.3 Å². The van der Waals surface area contributed by atoms with Crippen molar-refractivity contribution in [2.24, 2.45) is 0 Å². The monoisotopic (exact) mass is 390 g/mol. The fraction of sp³-hybridized carbons (Fsp3) is 0.632. The van der Waals surface area contributed by atoms with Gasteiger partial charge in [-0.1, -0.05) is 11.6 Å². The highest BCUT2D eigenvalue weighted by Crippen LogP contribution is 2.22. The Bertz CT molecular complexity index is 728. The Balaban J connectivity index is 1.52. The van der Waals surface area contributed by atoms with Gasteiger partial charge in [-0.3, -0.25) is 24.1 Å². The first-order valence-electron chi connectivity index (χ1n) is 9.75. The zero-order valence-electron chi connectivity index (χ0n) is 16.1. The van der Waals surface area contributed by atoms with Gasteiger partial charge >= 0.3 is 17.8 Å². The zero-order valence-corrected chi connectivity index (χ0v) is 16.1. The number of amides is 6. The summed E-state index contributed by atoms with van der Waals surface area (Å²) in [6.45, 7) is -0.563. The van der Waals surface area contributed by atoms with Gasteiger partial charge in [-0.15, -0.1) is 0 Å². The first kappa shape index (κ1) is 20.0. The molecule has 2 fully saturated rings. The lowest BCUT2D eigenvalue weighted by atomic mass is 9.97. The Morgan fingerprint density at radius 2 is 1.86 bits per heavy atom. The number of likely N-dealkylation sites (N-methyl/N-ethyl adjacent to an activating group) is 1. The van der Waals surface area contributed by atoms with Crippen LogP contribution in [0.25, 0.3) is 0 Å². The summed E-state index contributed by atoms with van der Waals surface area (Å²) < 4.78 is 0. The van der Waals surface area contributed by atoms with E-state index >= 15 is 0 Å². The van der Waals surface area contributed by atoms with Gasteiger partial charge in [0.05, 0.1) is 6.54 Å². The molecule has 152 valence electrons. The smallest absolute Gasteiger partial charge is 0.334 e. The molecule has 6 amide bonds. The van der Waals surface area contributed by atoms with Gasteiger partial charge in [-0.2, -0.15) is 0 Å². The first-order valence-corrected chi connectivity index (χ1v) is 9.75. The van der Waals surface area contributed by atoms with Crippen molar-refractivity contribution in [3.8, 4) is 0 Å². The maximum absolute atomic E-state index is 12.5. The third-order valence-corrected chi connectivity index (χ3v) is 5.22. The number of nitrogens with zero attached hydrogens (tertiary/aromatic N) is 3. The molecule has 0 bridgehead atoms. The van der Waals surface area contributed by atoms with E-state index in [1.165, 1.54) is 12.6 Å². The van der Waals surface area contributed by atoms with Gasteiger partial charge in [-0.25, -0.2) is 9.69 Å². The summed E-state index contributed by atoms with van der Waals surface area (Å²) in [5.41, 5.74) is 1.19. The molecule has 0 atom stereocenters. The van der Waals surface area contributed by atoms with Gasteiger partial charge in [0, 0.05) is 19.6 Å². The average Bonchev–Trinajstić information content (AvgIpc) is 3.46. The number of carbonyl (C=O) groups excluding carboxylic acids is 5. The van der Waals surface area contributed by atoms with Crippen LogP contribution in [0, 0.1) is 0 Å². The third kappa shape index (κ3) is 4.76. The van der Waals surface area contributed by atoms with E-state index in [9.17, 15) is 24.0 Å². The molecule has 1 saturated carbocycles. The molecule has 9 nitrogen and oxygen atoms in total. The Labute approximate surface area is 163 Å². The summed E-state index contributed by atoms with van der Waals surface area (Å²) in [7, 11) is 1.43. The Kier molecular flexibility index (Phi) is 6.11. The average molecular weight is 390 g/mol. The van der Waals surface area contributed by atoms with E-state index in [0.717, 1.165) is 48.3 Å². The van der Waals surface area contributed by atoms with Crippen LogP contribution in [0.1, 0.15) is 44.9 Å². The summed E-state index contributed by atoms with van der Waals surface area (Å²) in [6.07, 6.45) is 8.73. The van der Waals surface area contributed by atoms with Crippen LogP contribution in [-0.2, 0) is 19.2 Å². The summed E-state index contributed by atoms with van der Waals surface area (Å²) in [5.74, 6) is -2.75. The number of carbonyl (C=O) groups is 5. The van der Waals surface area contributed by atoms with Crippen LogP contribution < -0.4 is 5.32 Å². The predicted molar refractivity (Wildman–Crippen MR) is 98.8 cm³/mol. The lowest BCUT2D eigenvalue weighted by Crippen LogP contribution is -2.45. The molecule has 28 heavy (non-hydrogen) atoms. The molecule has 9 heteroatoms. The van der Waals surface area contributed by atoms with E-state index in [1.807, 2.05) is 0 Å². The minimum Gasteiger partial charge on any atom is -0.352 e. The number of urea groups is 1. The standard InChI is InChI=1S/C19H26N4O5/c1-21(11-15(24)20-14-7-8-14)16(25)12-23-18(27)17(26)22(19(23)28)10-9-13-5-3-2-4-6-13/h5,14H,2-4,6-12H2,1H3,(H,20,24). The lowest BCUT2D eigenvalue weighted by molar-refractivity contribution is -0.145. The van der Waals surface area contributed by atoms with E-state index in [4.69, 9.17) is 0 Å². The van der Waals surface area contributed by atoms with Crippen LogP contribution in [0.2, 0.25) is 0 Å². The zero-order chi connectivity index (χ0) is 20.3. The van der Waals surface area contributed by atoms with Crippen molar-refractivity contribution in [2.45, 2.75) is 51.0 Å². The molecule has 0 aromatic rings. The van der Waals surface area contributed by atoms with E-state index in [1.54, 1.807) is 0 Å². The van der Waals surface area contributed by atoms with Gasteiger partial charge in [0.25, 0.3) is 0 Å². The van der Waals surface area contributed by atoms with E-state index in [0.29, 0.717) is 11.3 Å². The Hall–Kier alpha value is -2.71. The number of nitrogens with one attached hydrogen (secondary N) is 1. The van der Waals surface area contributed by atoms with Gasteiger partial charge in [0.1, 0.15) is 6.54 Å². The van der Waals surface area contributed by atoms with Crippen LogP contribution in [-0.4, -0.2) is 77.1 Å². The molecule has 0 spiro atoms. The molecule has 0 radical (unpaired) electrons. The topological polar surface area (TPSA) is 107 Å². The predicted octanol–water partition coefficient (Wildman–Crippen LogP) is 0.405. The summed E-state index contributed by atoms with van der Waals surface area (Å²) in [4.78, 5) is 63.6. The Morgan fingerprint density at radius 1 is 1.14 bits per heavy atom. The Morgan fingerprint density at radius 3 is 2.50 bits per heavy atom. The summed E-state index contributed by atoms with van der Waals surface area (Å²) >= 11 is 0. The number of hydrogen-bond acceptors (Lipinski definition) is 5. The molecule has 2 aliphatic carbocycles. The highest BCUT2D eigenvalue weighted by Gasteiger charge is 2.45. The second kappa shape index (κ2) is 8.53. The molecule has 3 rings (SSSR count). The van der Waals surface area contributed by atoms with Crippen LogP contribution >= 0.6 is 0 Å². The SMILES string of the molecule is CN(CC(=O)NC1CC1)C(=O)CN1C(=O)C(=O)N(CCC2=CCCCC2)C1=O. The molecule has 1 N–H and O–H groups in total. The van der Waals surface area contributed by atoms with Crippen LogP contribution in [0.15, 0.2) is 11.6 Å². The van der Waals surface area contributed by atoms with Crippen molar-refractivity contribution < 1.29 is 24.0 Å². The highest BCUT2D eigenvalue weighted by atomic mass is 16.2. The minimum absolute atomic E-state index is 0.138. The third-order valence-electron chi connectivity index (χ3n) is 5.22. The van der Waals surface area contributed by atoms with Gasteiger partial charge in [0.2, 0.25) is 11.8 Å². The number of rotatable bonds is 8. The molecule has 0 unspecified atom stereocenters. The van der Waals surface area contributed by atoms with Crippen LogP contribution in [0.3, 0.4) is 0 Å². The number of imide groups is 2. The molecule has 1 heterocycles. The lowest BCUT2D eigenvalue weighted by Gasteiger charge is -2.20. The second-order valence-corrected chi connectivity index (χ2v) is 7.58. The molecular weight excluding hydrogens is 364 g/mol. The fourth-order valence-electron chi connectivity index (χ4n) is 3.33. The first-order chi connectivity index (χ1) is 13.4. The van der Waals surface area contributed by atoms with Crippen LogP contribution in [0.5, 0.6) is 0 Å². The molecule has 0 aromatic carbocycles. The van der Waals surface area contributed by atoms with Crippen LogP contribution in [0.4, 0.5) is 4.79 Å². The molecule has 0 aromatic heterocycles. The quantitative estimate of drug-likeness (QED) is 0.367. The molecular formula is C19H26N4O5. The largest absolute Gasteiger partial charge is 0.352 e. The van der Waals surface area contributed by atoms with E-state index in [-0.39, 0.29) is 25.0 Å². The normalized spacial score (nSPS) is 19.8. The van der Waals surface area contributed by atoms with Crippen molar-refractivity contribution in [1.29, 1.82) is 0 Å². The van der Waals surface area contributed by atoms with Gasteiger partial charge in [-0.05, 0) is 44.9 Å². The van der Waals surface area contributed by atoms with E-state index in [2.05, 4.69) is 11.4 Å². The second-order valence-electron chi connectivity index (χ2n) is 7.58. The van der Waals surface area contributed by atoms with Crippen molar-refractivity contribution in [3.05, 3.63) is 11.6 Å². The molecule has 1 aliphatic heterocycles. The van der Waals surface area contributed by atoms with Gasteiger partial charge < -0.3 is 10.2 Å². The molecule has 3 aliphatic rings. The minimum atomic E-state index is -0.994. The number of allylic oxidation sites excluding steroid dienone is 1. The van der Waals surface area contributed by atoms with Crippen molar-refractivity contribution >= 4 is 29.7 Å². The van der Waals surface area contributed by atoms with Gasteiger partial charge in [0.15, 0.2) is 0 Å². The highest BCUT2D eigenvalue weighted by molar-refractivity contribution is 6.45. The summed E-state index contributed by atoms with van der Waals surface area (Å²) in [6, 6.07) is -0.584. The molecule has 1 saturated heterocycles. The maximum Gasteiger partial charge on any atom is 0.334 e. The fourth-order valence-corrected chi connectivity index (χ4v) is 3.33. The van der Waals surface area contributed by atoms with Crippen molar-refractivity contribution in [2.75, 3.05) is 26.7 Å². The maximum atomic E-state index is 12.5. The van der Waals surface area contributed by atoms with Crippen molar-refractivity contribution in [1.82, 2.24) is 20.0 Å². The number of hydrogen-bond donors (Lipinski definition) is 1.